The summed E-state index contributed by atoms with van der Waals surface area (Å²) in [6.45, 7) is 0.363. The van der Waals surface area contributed by atoms with E-state index in [0.29, 0.717) is 6.54 Å². The van der Waals surface area contributed by atoms with E-state index >= 15 is 0 Å². The lowest BCUT2D eigenvalue weighted by atomic mass is 10.1. The zero-order chi connectivity index (χ0) is 9.97. The van der Waals surface area contributed by atoms with Crippen molar-refractivity contribution in [1.82, 2.24) is 14.8 Å². The van der Waals surface area contributed by atoms with Crippen molar-refractivity contribution >= 4 is 0 Å². The van der Waals surface area contributed by atoms with Gasteiger partial charge in [0, 0.05) is 6.54 Å². The van der Waals surface area contributed by atoms with Gasteiger partial charge in [0.2, 0.25) is 0 Å². The van der Waals surface area contributed by atoms with E-state index in [2.05, 4.69) is 10.2 Å². The third-order valence-electron chi connectivity index (χ3n) is 1.98. The van der Waals surface area contributed by atoms with Gasteiger partial charge in [-0.05, 0) is 23.8 Å². The predicted molar refractivity (Wildman–Crippen MR) is 50.9 cm³/mol. The minimum absolute atomic E-state index is 0.210. The average molecular weight is 190 g/mol. The van der Waals surface area contributed by atoms with Crippen molar-refractivity contribution in [3.63, 3.8) is 0 Å². The molecule has 72 valence electrons. The fourth-order valence-corrected chi connectivity index (χ4v) is 1.31. The van der Waals surface area contributed by atoms with E-state index in [1.807, 2.05) is 0 Å². The molecule has 0 aliphatic carbocycles. The smallest absolute Gasteiger partial charge is 0.123 e. The number of hydrogen-bond donors (Lipinski definition) is 2. The Kier molecular flexibility index (Phi) is 2.16. The Labute approximate surface area is 80.8 Å². The van der Waals surface area contributed by atoms with Crippen LogP contribution in [0.15, 0.2) is 30.9 Å². The number of rotatable bonds is 2. The van der Waals surface area contributed by atoms with Crippen LogP contribution in [0.2, 0.25) is 0 Å². The van der Waals surface area contributed by atoms with Crippen LogP contribution in [0.4, 0.5) is 0 Å². The minimum Gasteiger partial charge on any atom is -0.508 e. The lowest BCUT2D eigenvalue weighted by Gasteiger charge is -2.07. The Morgan fingerprint density at radius 1 is 1.29 bits per heavy atom. The Morgan fingerprint density at radius 3 is 2.64 bits per heavy atom. The van der Waals surface area contributed by atoms with Crippen LogP contribution in [0.5, 0.6) is 5.75 Å². The molecular formula is C9H10N4O. The van der Waals surface area contributed by atoms with Crippen molar-refractivity contribution in [2.45, 2.75) is 6.54 Å². The number of phenols is 1. The third kappa shape index (κ3) is 1.45. The molecule has 0 radical (unpaired) electrons. The molecule has 0 fully saturated rings. The normalized spacial score (nSPS) is 10.4. The summed E-state index contributed by atoms with van der Waals surface area (Å²) in [7, 11) is 0. The van der Waals surface area contributed by atoms with Gasteiger partial charge in [-0.25, -0.2) is 0 Å². The van der Waals surface area contributed by atoms with Crippen molar-refractivity contribution in [1.29, 1.82) is 0 Å². The molecule has 14 heavy (non-hydrogen) atoms. The van der Waals surface area contributed by atoms with E-state index in [9.17, 15) is 5.11 Å². The number of aromatic nitrogens is 3. The third-order valence-corrected chi connectivity index (χ3v) is 1.98. The summed E-state index contributed by atoms with van der Waals surface area (Å²) in [5.74, 6) is 0.210. The maximum Gasteiger partial charge on any atom is 0.123 e. The van der Waals surface area contributed by atoms with E-state index < -0.39 is 0 Å². The molecule has 3 N–H and O–H groups in total. The first-order chi connectivity index (χ1) is 6.81. The van der Waals surface area contributed by atoms with Crippen molar-refractivity contribution in [3.05, 3.63) is 36.4 Å². The second kappa shape index (κ2) is 3.47. The minimum atomic E-state index is 0.210. The lowest BCUT2D eigenvalue weighted by molar-refractivity contribution is 0.474. The molecule has 0 saturated carbocycles. The number of benzene rings is 1. The molecule has 1 aromatic heterocycles. The van der Waals surface area contributed by atoms with Gasteiger partial charge < -0.3 is 10.8 Å². The zero-order valence-corrected chi connectivity index (χ0v) is 7.46. The summed E-state index contributed by atoms with van der Waals surface area (Å²) < 4.78 is 1.75. The largest absolute Gasteiger partial charge is 0.508 e. The number of aromatic hydroxyl groups is 1. The molecule has 2 aromatic rings. The van der Waals surface area contributed by atoms with Gasteiger partial charge in [0.05, 0.1) is 5.69 Å². The summed E-state index contributed by atoms with van der Waals surface area (Å²) in [5, 5.41) is 16.7. The molecule has 0 amide bonds. The summed E-state index contributed by atoms with van der Waals surface area (Å²) in [4.78, 5) is 0. The monoisotopic (exact) mass is 190 g/mol. The summed E-state index contributed by atoms with van der Waals surface area (Å²) >= 11 is 0. The van der Waals surface area contributed by atoms with Crippen LogP contribution < -0.4 is 5.73 Å². The van der Waals surface area contributed by atoms with Gasteiger partial charge >= 0.3 is 0 Å². The van der Waals surface area contributed by atoms with Gasteiger partial charge in [0.1, 0.15) is 18.4 Å². The van der Waals surface area contributed by atoms with Crippen molar-refractivity contribution in [2.75, 3.05) is 0 Å². The van der Waals surface area contributed by atoms with E-state index in [4.69, 9.17) is 5.73 Å². The second-order valence-electron chi connectivity index (χ2n) is 2.89. The molecule has 0 bridgehead atoms. The van der Waals surface area contributed by atoms with Gasteiger partial charge in [-0.15, -0.1) is 10.2 Å². The number of phenolic OH excluding ortho intramolecular Hbond substituents is 1. The molecule has 2 rings (SSSR count). The highest BCUT2D eigenvalue weighted by Gasteiger charge is 2.03. The molecule has 0 spiro atoms. The van der Waals surface area contributed by atoms with Gasteiger partial charge in [0.15, 0.2) is 0 Å². The van der Waals surface area contributed by atoms with Gasteiger partial charge in [-0.1, -0.05) is 0 Å². The zero-order valence-electron chi connectivity index (χ0n) is 7.46. The Bertz CT molecular complexity index is 424. The fourth-order valence-electron chi connectivity index (χ4n) is 1.31. The Hall–Kier alpha value is -1.88. The molecule has 0 saturated heterocycles. The second-order valence-corrected chi connectivity index (χ2v) is 2.89. The highest BCUT2D eigenvalue weighted by molar-refractivity contribution is 5.45. The van der Waals surface area contributed by atoms with Crippen LogP contribution in [0.25, 0.3) is 5.69 Å². The van der Waals surface area contributed by atoms with Crippen LogP contribution >= 0.6 is 0 Å². The van der Waals surface area contributed by atoms with Gasteiger partial charge in [-0.2, -0.15) is 0 Å². The Morgan fingerprint density at radius 2 is 2.00 bits per heavy atom. The standard InChI is InChI=1S/C9H10N4O/c10-4-7-3-8(14)1-2-9(7)13-5-11-12-6-13/h1-3,5-6,14H,4,10H2. The highest BCUT2D eigenvalue weighted by atomic mass is 16.3. The summed E-state index contributed by atoms with van der Waals surface area (Å²) in [5.41, 5.74) is 7.30. The van der Waals surface area contributed by atoms with E-state index in [1.165, 1.54) is 0 Å². The molecule has 0 atom stereocenters. The fraction of sp³-hybridized carbons (Fsp3) is 0.111. The number of nitrogens with two attached hydrogens (primary N) is 1. The molecule has 0 aliphatic rings. The summed E-state index contributed by atoms with van der Waals surface area (Å²) in [6.07, 6.45) is 3.18. The van der Waals surface area contributed by atoms with Crippen LogP contribution in [0, 0.1) is 0 Å². The Balaban J connectivity index is 2.53. The van der Waals surface area contributed by atoms with Crippen LogP contribution in [-0.2, 0) is 6.54 Å². The van der Waals surface area contributed by atoms with Crippen LogP contribution in [0.3, 0.4) is 0 Å². The van der Waals surface area contributed by atoms with Crippen molar-refractivity contribution < 1.29 is 5.11 Å². The van der Waals surface area contributed by atoms with E-state index in [1.54, 1.807) is 35.4 Å². The molecule has 0 aliphatic heterocycles. The predicted octanol–water partition coefficient (Wildman–Crippen LogP) is 0.432. The number of hydrogen-bond acceptors (Lipinski definition) is 4. The molecule has 5 nitrogen and oxygen atoms in total. The van der Waals surface area contributed by atoms with Gasteiger partial charge in [0.25, 0.3) is 0 Å². The first-order valence-electron chi connectivity index (χ1n) is 4.18. The van der Waals surface area contributed by atoms with Gasteiger partial charge in [-0.3, -0.25) is 4.57 Å². The van der Waals surface area contributed by atoms with Crippen LogP contribution in [-0.4, -0.2) is 19.9 Å². The average Bonchev–Trinajstić information content (AvgIpc) is 2.70. The highest BCUT2D eigenvalue weighted by Crippen LogP contribution is 2.19. The van der Waals surface area contributed by atoms with E-state index in [0.717, 1.165) is 11.3 Å². The molecule has 0 unspecified atom stereocenters. The molecule has 5 heteroatoms. The van der Waals surface area contributed by atoms with Crippen LogP contribution in [0.1, 0.15) is 5.56 Å². The van der Waals surface area contributed by atoms with E-state index in [-0.39, 0.29) is 5.75 Å². The van der Waals surface area contributed by atoms with Crippen molar-refractivity contribution in [3.8, 4) is 11.4 Å². The molecule has 1 aromatic carbocycles. The SMILES string of the molecule is NCc1cc(O)ccc1-n1cnnc1. The maximum atomic E-state index is 9.27. The first kappa shape index (κ1) is 8.71. The van der Waals surface area contributed by atoms with Crippen molar-refractivity contribution in [2.24, 2.45) is 5.73 Å². The summed E-state index contributed by atoms with van der Waals surface area (Å²) in [6, 6.07) is 5.02. The topological polar surface area (TPSA) is 77.0 Å². The maximum absolute atomic E-state index is 9.27. The molecule has 1 heterocycles. The lowest BCUT2D eigenvalue weighted by Crippen LogP contribution is -2.02. The first-order valence-corrected chi connectivity index (χ1v) is 4.18. The molecular weight excluding hydrogens is 180 g/mol. The number of nitrogens with zero attached hydrogens (tertiary/aromatic N) is 3. The quantitative estimate of drug-likeness (QED) is 0.720.